The van der Waals surface area contributed by atoms with E-state index >= 15 is 4.79 Å². The molecule has 47 heavy (non-hydrogen) atoms. The summed E-state index contributed by atoms with van der Waals surface area (Å²) in [5, 5.41) is 2.62. The van der Waals surface area contributed by atoms with Crippen LogP contribution in [0.3, 0.4) is 0 Å². The Labute approximate surface area is 274 Å². The number of hydrogen-bond acceptors (Lipinski definition) is 9. The van der Waals surface area contributed by atoms with Gasteiger partial charge in [-0.05, 0) is 73.0 Å². The molecule has 1 fully saturated rings. The van der Waals surface area contributed by atoms with E-state index in [1.807, 2.05) is 4.90 Å². The number of amides is 1. The maximum absolute atomic E-state index is 15.3. The van der Waals surface area contributed by atoms with Crippen LogP contribution in [-0.2, 0) is 26.9 Å². The molecule has 2 aliphatic rings. The zero-order chi connectivity index (χ0) is 33.6. The summed E-state index contributed by atoms with van der Waals surface area (Å²) in [6, 6.07) is 14.3. The van der Waals surface area contributed by atoms with Crippen LogP contribution in [0.2, 0.25) is 5.02 Å². The number of hydrogen-bond donors (Lipinski definition) is 1. The van der Waals surface area contributed by atoms with Crippen molar-refractivity contribution in [1.82, 2.24) is 15.2 Å². The van der Waals surface area contributed by atoms with E-state index in [1.54, 1.807) is 18.2 Å². The quantitative estimate of drug-likeness (QED) is 0.220. The zero-order valence-corrected chi connectivity index (χ0v) is 26.8. The number of oxazole rings is 1. The highest BCUT2D eigenvalue weighted by Gasteiger charge is 2.62. The number of anilines is 1. The summed E-state index contributed by atoms with van der Waals surface area (Å²) in [5.74, 6) is 0.106. The van der Waals surface area contributed by atoms with Crippen LogP contribution in [0.5, 0.6) is 11.5 Å². The Bertz CT molecular complexity index is 1890. The minimum absolute atomic E-state index is 0.0657. The van der Waals surface area contributed by atoms with Gasteiger partial charge >= 0.3 is 6.18 Å². The summed E-state index contributed by atoms with van der Waals surface area (Å²) in [6.07, 6.45) is -0.436. The van der Waals surface area contributed by atoms with Crippen molar-refractivity contribution in [3.05, 3.63) is 101 Å². The first-order chi connectivity index (χ1) is 22.4. The molecule has 6 rings (SSSR count). The largest absolute Gasteiger partial charge is 0.497 e. The number of halogens is 4. The van der Waals surface area contributed by atoms with E-state index < -0.39 is 40.2 Å². The summed E-state index contributed by atoms with van der Waals surface area (Å²) in [6.45, 7) is -1.12. The Morgan fingerprint density at radius 3 is 2.49 bits per heavy atom. The van der Waals surface area contributed by atoms with Crippen LogP contribution >= 0.6 is 11.6 Å². The molecule has 0 aliphatic carbocycles. The fraction of sp³-hybridized carbons (Fsp3) is 0.312. The Balaban J connectivity index is 1.61. The van der Waals surface area contributed by atoms with Gasteiger partial charge in [-0.2, -0.15) is 13.2 Å². The van der Waals surface area contributed by atoms with Crippen LogP contribution < -0.4 is 19.1 Å². The van der Waals surface area contributed by atoms with Gasteiger partial charge in [-0.15, -0.1) is 0 Å². The van der Waals surface area contributed by atoms with Crippen molar-refractivity contribution in [2.45, 2.75) is 42.0 Å². The summed E-state index contributed by atoms with van der Waals surface area (Å²) in [5.41, 5.74) is -0.934. The highest BCUT2D eigenvalue weighted by Crippen LogP contribution is 2.56. The number of likely N-dealkylation sites (tertiary alicyclic amines) is 1. The molecule has 2 aliphatic heterocycles. The van der Waals surface area contributed by atoms with Crippen molar-refractivity contribution < 1.29 is 40.3 Å². The molecule has 3 aromatic carbocycles. The molecule has 1 amide bonds. The normalized spacial score (nSPS) is 20.1. The number of ether oxygens (including phenoxy) is 2. The summed E-state index contributed by atoms with van der Waals surface area (Å²) >= 11 is 6.57. The Morgan fingerprint density at radius 2 is 1.83 bits per heavy atom. The number of carbonyl (C=O) groups is 1. The maximum atomic E-state index is 15.3. The van der Waals surface area contributed by atoms with Gasteiger partial charge in [0.1, 0.15) is 17.8 Å². The van der Waals surface area contributed by atoms with E-state index in [-0.39, 0.29) is 39.0 Å². The molecule has 1 saturated heterocycles. The summed E-state index contributed by atoms with van der Waals surface area (Å²) in [4.78, 5) is 21.4. The van der Waals surface area contributed by atoms with Gasteiger partial charge in [-0.25, -0.2) is 17.7 Å². The number of carbonyl (C=O) groups excluding carboxylic acids is 1. The Hall–Kier alpha value is -4.11. The standard InChI is InChI=1S/C32H30ClF3N4O6S/c1-44-22-7-9-23(10-8-22)47(42,43)40-26-11-6-21(33)17-24(26)32(30(40)41,39-14-3-4-27(39)29-38-13-15-46-29)25-16-20(5-12-28(25)45-2)18-37-19-31(34,35)36/h5-13,15-17,27,37H,3-4,14,18-19H2,1-2H3/t27-,32?/m0/s1. The lowest BCUT2D eigenvalue weighted by molar-refractivity contribution is -0.127. The molecule has 0 spiro atoms. The average Bonchev–Trinajstić information content (AvgIpc) is 3.79. The monoisotopic (exact) mass is 690 g/mol. The first-order valence-electron chi connectivity index (χ1n) is 14.6. The van der Waals surface area contributed by atoms with E-state index in [4.69, 9.17) is 25.5 Å². The number of aromatic nitrogens is 1. The first-order valence-corrected chi connectivity index (χ1v) is 16.4. The van der Waals surface area contributed by atoms with Gasteiger partial charge in [0.2, 0.25) is 5.89 Å². The maximum Gasteiger partial charge on any atom is 0.401 e. The molecule has 1 unspecified atom stereocenters. The lowest BCUT2D eigenvalue weighted by Gasteiger charge is -2.41. The third-order valence-electron chi connectivity index (χ3n) is 8.39. The summed E-state index contributed by atoms with van der Waals surface area (Å²) in [7, 11) is -1.69. The first kappa shape index (κ1) is 32.8. The van der Waals surface area contributed by atoms with Gasteiger partial charge in [0.05, 0.1) is 43.6 Å². The smallest absolute Gasteiger partial charge is 0.401 e. The fourth-order valence-corrected chi connectivity index (χ4v) is 8.08. The van der Waals surface area contributed by atoms with Crippen molar-refractivity contribution in [3.8, 4) is 11.5 Å². The molecule has 0 radical (unpaired) electrons. The second-order valence-electron chi connectivity index (χ2n) is 11.1. The Kier molecular flexibility index (Phi) is 8.72. The van der Waals surface area contributed by atoms with Crippen LogP contribution in [0.25, 0.3) is 0 Å². The molecule has 4 aromatic rings. The van der Waals surface area contributed by atoms with E-state index in [2.05, 4.69) is 10.3 Å². The van der Waals surface area contributed by atoms with Crippen molar-refractivity contribution in [2.24, 2.45) is 0 Å². The molecular formula is C32H30ClF3N4O6S. The van der Waals surface area contributed by atoms with Gasteiger partial charge in [-0.3, -0.25) is 9.69 Å². The van der Waals surface area contributed by atoms with Crippen LogP contribution in [0.4, 0.5) is 18.9 Å². The fourth-order valence-electron chi connectivity index (χ4n) is 6.45. The van der Waals surface area contributed by atoms with E-state index in [1.165, 1.54) is 69.1 Å². The third-order valence-corrected chi connectivity index (χ3v) is 10.3. The Morgan fingerprint density at radius 1 is 1.06 bits per heavy atom. The summed E-state index contributed by atoms with van der Waals surface area (Å²) < 4.78 is 85.3. The lowest BCUT2D eigenvalue weighted by atomic mass is 9.80. The van der Waals surface area contributed by atoms with Gasteiger partial charge in [0.15, 0.2) is 5.54 Å². The number of methoxy groups -OCH3 is 2. The zero-order valence-electron chi connectivity index (χ0n) is 25.3. The van der Waals surface area contributed by atoms with Crippen molar-refractivity contribution >= 4 is 33.2 Å². The number of nitrogens with zero attached hydrogens (tertiary/aromatic N) is 3. The van der Waals surface area contributed by atoms with Crippen molar-refractivity contribution in [2.75, 3.05) is 31.6 Å². The lowest BCUT2D eigenvalue weighted by Crippen LogP contribution is -2.54. The molecule has 1 aromatic heterocycles. The van der Waals surface area contributed by atoms with Gasteiger partial charge in [-0.1, -0.05) is 17.7 Å². The molecule has 2 atom stereocenters. The van der Waals surface area contributed by atoms with E-state index in [9.17, 15) is 21.6 Å². The SMILES string of the molecule is COc1ccc(S(=O)(=O)N2C(=O)C(c3cc(CNCC(F)(F)F)ccc3OC)(N3CCC[C@H]3c3ncco3)c3cc(Cl)ccc32)cc1. The predicted octanol–water partition coefficient (Wildman–Crippen LogP) is 5.81. The minimum Gasteiger partial charge on any atom is -0.497 e. The number of alkyl halides is 3. The average molecular weight is 691 g/mol. The van der Waals surface area contributed by atoms with Gasteiger partial charge in [0, 0.05) is 29.2 Å². The van der Waals surface area contributed by atoms with E-state index in [0.717, 1.165) is 4.31 Å². The van der Waals surface area contributed by atoms with Crippen molar-refractivity contribution in [1.29, 1.82) is 0 Å². The second kappa shape index (κ2) is 12.5. The topological polar surface area (TPSA) is 114 Å². The molecule has 0 saturated carbocycles. The second-order valence-corrected chi connectivity index (χ2v) is 13.3. The van der Waals surface area contributed by atoms with Crippen LogP contribution in [0, 0.1) is 0 Å². The molecule has 3 heterocycles. The molecular weight excluding hydrogens is 661 g/mol. The third kappa shape index (κ3) is 5.73. The van der Waals surface area contributed by atoms with Gasteiger partial charge < -0.3 is 19.2 Å². The number of fused-ring (bicyclic) bond motifs is 1. The highest BCUT2D eigenvalue weighted by atomic mass is 35.5. The van der Waals surface area contributed by atoms with E-state index in [0.29, 0.717) is 36.6 Å². The number of sulfonamides is 1. The molecule has 1 N–H and O–H groups in total. The van der Waals surface area contributed by atoms with Crippen LogP contribution in [0.1, 0.15) is 41.5 Å². The predicted molar refractivity (Wildman–Crippen MR) is 166 cm³/mol. The van der Waals surface area contributed by atoms with Crippen molar-refractivity contribution in [3.63, 3.8) is 0 Å². The molecule has 15 heteroatoms. The number of rotatable bonds is 10. The molecule has 248 valence electrons. The minimum atomic E-state index is -4.54. The highest BCUT2D eigenvalue weighted by molar-refractivity contribution is 7.93. The van der Waals surface area contributed by atoms with Crippen LogP contribution in [0.15, 0.2) is 82.4 Å². The number of nitrogens with one attached hydrogen (secondary N) is 1. The van der Waals surface area contributed by atoms with Gasteiger partial charge in [0.25, 0.3) is 15.9 Å². The molecule has 10 nitrogen and oxygen atoms in total. The molecule has 0 bridgehead atoms. The van der Waals surface area contributed by atoms with Crippen LogP contribution in [-0.4, -0.2) is 57.7 Å². The number of benzene rings is 3.